The molecule has 0 N–H and O–H groups in total. The molecule has 0 saturated heterocycles. The molecule has 0 amide bonds. The van der Waals surface area contributed by atoms with Crippen molar-refractivity contribution in [3.8, 4) is 0 Å². The molecule has 0 bridgehead atoms. The summed E-state index contributed by atoms with van der Waals surface area (Å²) >= 11 is 1.56. The van der Waals surface area contributed by atoms with E-state index in [1.807, 2.05) is 23.3 Å². The number of unbranched alkanes of at least 4 members (excludes halogenated alkanes) is 2. The SMILES string of the molecule is CCCCCn1ncc2cnc(SC)nc21. The molecule has 4 nitrogen and oxygen atoms in total. The fourth-order valence-electron chi connectivity index (χ4n) is 1.62. The fourth-order valence-corrected chi connectivity index (χ4v) is 1.96. The molecule has 0 aliphatic rings. The summed E-state index contributed by atoms with van der Waals surface area (Å²) in [6, 6.07) is 0. The highest BCUT2D eigenvalue weighted by Crippen LogP contribution is 2.15. The molecule has 2 rings (SSSR count). The fraction of sp³-hybridized carbons (Fsp3) is 0.545. The average Bonchev–Trinajstić information content (AvgIpc) is 2.72. The lowest BCUT2D eigenvalue weighted by molar-refractivity contribution is 0.562. The highest BCUT2D eigenvalue weighted by molar-refractivity contribution is 7.98. The molecule has 0 unspecified atom stereocenters. The van der Waals surface area contributed by atoms with Crippen LogP contribution in [0.4, 0.5) is 0 Å². The van der Waals surface area contributed by atoms with Gasteiger partial charge in [-0.1, -0.05) is 31.5 Å². The van der Waals surface area contributed by atoms with Crippen LogP contribution in [-0.2, 0) is 6.54 Å². The lowest BCUT2D eigenvalue weighted by Gasteiger charge is -2.02. The molecule has 0 aromatic carbocycles. The summed E-state index contributed by atoms with van der Waals surface area (Å²) in [6.45, 7) is 3.15. The Kier molecular flexibility index (Phi) is 3.77. The monoisotopic (exact) mass is 236 g/mol. The van der Waals surface area contributed by atoms with Gasteiger partial charge < -0.3 is 0 Å². The van der Waals surface area contributed by atoms with Crippen molar-refractivity contribution in [1.29, 1.82) is 0 Å². The van der Waals surface area contributed by atoms with E-state index in [0.717, 1.165) is 29.2 Å². The first kappa shape index (κ1) is 11.4. The Hall–Kier alpha value is -1.10. The zero-order valence-corrected chi connectivity index (χ0v) is 10.5. The van der Waals surface area contributed by atoms with Gasteiger partial charge in [-0.25, -0.2) is 14.6 Å². The molecule has 0 aliphatic heterocycles. The quantitative estimate of drug-likeness (QED) is 0.455. The van der Waals surface area contributed by atoms with Gasteiger partial charge in [0.25, 0.3) is 0 Å². The number of hydrogen-bond donors (Lipinski definition) is 0. The lowest BCUT2D eigenvalue weighted by atomic mass is 10.2. The van der Waals surface area contributed by atoms with Crippen LogP contribution in [0.1, 0.15) is 26.2 Å². The number of aromatic nitrogens is 4. The third-order valence-electron chi connectivity index (χ3n) is 2.51. The average molecular weight is 236 g/mol. The van der Waals surface area contributed by atoms with Crippen LogP contribution in [0.2, 0.25) is 0 Å². The van der Waals surface area contributed by atoms with Crippen molar-refractivity contribution in [3.05, 3.63) is 12.4 Å². The van der Waals surface area contributed by atoms with Crippen LogP contribution >= 0.6 is 11.8 Å². The van der Waals surface area contributed by atoms with Crippen molar-refractivity contribution in [3.63, 3.8) is 0 Å². The third-order valence-corrected chi connectivity index (χ3v) is 3.07. The van der Waals surface area contributed by atoms with Crippen LogP contribution < -0.4 is 0 Å². The molecule has 16 heavy (non-hydrogen) atoms. The minimum Gasteiger partial charge on any atom is -0.247 e. The van der Waals surface area contributed by atoms with Crippen LogP contribution in [0.3, 0.4) is 0 Å². The van der Waals surface area contributed by atoms with E-state index < -0.39 is 0 Å². The Labute approximate surface area is 99.5 Å². The predicted octanol–water partition coefficient (Wildman–Crippen LogP) is 2.74. The van der Waals surface area contributed by atoms with Crippen LogP contribution in [0.25, 0.3) is 11.0 Å². The van der Waals surface area contributed by atoms with Gasteiger partial charge in [-0.15, -0.1) is 0 Å². The number of nitrogens with zero attached hydrogens (tertiary/aromatic N) is 4. The molecule has 0 atom stereocenters. The smallest absolute Gasteiger partial charge is 0.189 e. The number of rotatable bonds is 5. The third kappa shape index (κ3) is 2.35. The van der Waals surface area contributed by atoms with Gasteiger partial charge in [-0.2, -0.15) is 5.10 Å². The van der Waals surface area contributed by atoms with Gasteiger partial charge in [-0.3, -0.25) is 0 Å². The van der Waals surface area contributed by atoms with Gasteiger partial charge >= 0.3 is 0 Å². The van der Waals surface area contributed by atoms with Gasteiger partial charge in [0.2, 0.25) is 0 Å². The molecular formula is C11H16N4S. The van der Waals surface area contributed by atoms with Crippen molar-refractivity contribution in [2.45, 2.75) is 37.9 Å². The first-order valence-corrected chi connectivity index (χ1v) is 6.80. The summed E-state index contributed by atoms with van der Waals surface area (Å²) in [6.07, 6.45) is 9.29. The molecule has 5 heteroatoms. The molecule has 0 fully saturated rings. The maximum atomic E-state index is 4.48. The maximum Gasteiger partial charge on any atom is 0.189 e. The molecule has 2 heterocycles. The summed E-state index contributed by atoms with van der Waals surface area (Å²) in [5.74, 6) is 0. The first-order chi connectivity index (χ1) is 7.85. The van der Waals surface area contributed by atoms with Crippen molar-refractivity contribution in [1.82, 2.24) is 19.7 Å². The van der Waals surface area contributed by atoms with E-state index in [9.17, 15) is 0 Å². The Balaban J connectivity index is 2.24. The number of fused-ring (bicyclic) bond motifs is 1. The van der Waals surface area contributed by atoms with E-state index in [0.29, 0.717) is 0 Å². The van der Waals surface area contributed by atoms with E-state index >= 15 is 0 Å². The van der Waals surface area contributed by atoms with Crippen molar-refractivity contribution < 1.29 is 0 Å². The topological polar surface area (TPSA) is 43.6 Å². The zero-order chi connectivity index (χ0) is 11.4. The zero-order valence-electron chi connectivity index (χ0n) is 9.68. The Bertz CT molecular complexity index is 466. The van der Waals surface area contributed by atoms with Crippen LogP contribution in [0.15, 0.2) is 17.6 Å². The molecule has 2 aromatic heterocycles. The van der Waals surface area contributed by atoms with Crippen molar-refractivity contribution in [2.75, 3.05) is 6.26 Å². The Morgan fingerprint density at radius 3 is 2.94 bits per heavy atom. The second-order valence-electron chi connectivity index (χ2n) is 3.71. The van der Waals surface area contributed by atoms with E-state index in [4.69, 9.17) is 0 Å². The Morgan fingerprint density at radius 1 is 1.31 bits per heavy atom. The Morgan fingerprint density at radius 2 is 2.19 bits per heavy atom. The maximum absolute atomic E-state index is 4.48. The largest absolute Gasteiger partial charge is 0.247 e. The molecule has 86 valence electrons. The normalized spacial score (nSPS) is 11.1. The lowest BCUT2D eigenvalue weighted by Crippen LogP contribution is -2.01. The molecular weight excluding hydrogens is 220 g/mol. The summed E-state index contributed by atoms with van der Waals surface area (Å²) in [7, 11) is 0. The first-order valence-electron chi connectivity index (χ1n) is 5.57. The van der Waals surface area contributed by atoms with E-state index in [-0.39, 0.29) is 0 Å². The molecule has 0 saturated carbocycles. The second-order valence-corrected chi connectivity index (χ2v) is 4.48. The minimum atomic E-state index is 0.810. The van der Waals surface area contributed by atoms with E-state index in [2.05, 4.69) is 22.0 Å². The summed E-state index contributed by atoms with van der Waals surface area (Å²) in [5, 5.41) is 6.18. The minimum absolute atomic E-state index is 0.810. The number of thioether (sulfide) groups is 1. The van der Waals surface area contributed by atoms with E-state index in [1.165, 1.54) is 12.8 Å². The van der Waals surface area contributed by atoms with Crippen LogP contribution in [0, 0.1) is 0 Å². The van der Waals surface area contributed by atoms with Gasteiger partial charge in [0, 0.05) is 12.7 Å². The van der Waals surface area contributed by atoms with Gasteiger partial charge in [0.1, 0.15) is 0 Å². The van der Waals surface area contributed by atoms with Crippen LogP contribution in [0.5, 0.6) is 0 Å². The molecule has 2 aromatic rings. The van der Waals surface area contributed by atoms with Crippen molar-refractivity contribution in [2.24, 2.45) is 0 Å². The van der Waals surface area contributed by atoms with Gasteiger partial charge in [-0.05, 0) is 12.7 Å². The van der Waals surface area contributed by atoms with Crippen molar-refractivity contribution >= 4 is 22.8 Å². The predicted molar refractivity (Wildman–Crippen MR) is 66.6 cm³/mol. The number of aryl methyl sites for hydroxylation is 1. The number of hydrogen-bond acceptors (Lipinski definition) is 4. The highest BCUT2D eigenvalue weighted by atomic mass is 32.2. The molecule has 0 spiro atoms. The van der Waals surface area contributed by atoms with Gasteiger partial charge in [0.15, 0.2) is 10.8 Å². The van der Waals surface area contributed by atoms with Gasteiger partial charge in [0.05, 0.1) is 11.6 Å². The summed E-state index contributed by atoms with van der Waals surface area (Å²) < 4.78 is 1.98. The molecule has 0 aliphatic carbocycles. The van der Waals surface area contributed by atoms with Crippen LogP contribution in [-0.4, -0.2) is 26.0 Å². The standard InChI is InChI=1S/C11H16N4S/c1-3-4-5-6-15-10-9(8-13-15)7-12-11(14-10)16-2/h7-8H,3-6H2,1-2H3. The summed E-state index contributed by atoms with van der Waals surface area (Å²) in [5.41, 5.74) is 0.954. The second kappa shape index (κ2) is 5.30. The van der Waals surface area contributed by atoms with E-state index in [1.54, 1.807) is 11.8 Å². The molecule has 0 radical (unpaired) electrons. The summed E-state index contributed by atoms with van der Waals surface area (Å²) in [4.78, 5) is 8.72. The highest BCUT2D eigenvalue weighted by Gasteiger charge is 2.05.